The van der Waals surface area contributed by atoms with Gasteiger partial charge in [0.05, 0.1) is 6.04 Å². The van der Waals surface area contributed by atoms with Crippen LogP contribution in [0, 0.1) is 5.92 Å². The number of rotatable bonds is 6. The van der Waals surface area contributed by atoms with Crippen LogP contribution in [0.3, 0.4) is 0 Å². The molecule has 3 rings (SSSR count). The molecule has 0 aromatic heterocycles. The number of carbonyl (C=O) groups is 2. The Bertz CT molecular complexity index is 646. The van der Waals surface area contributed by atoms with Crippen LogP contribution in [0.2, 0.25) is 0 Å². The van der Waals surface area contributed by atoms with E-state index in [0.717, 1.165) is 18.5 Å². The van der Waals surface area contributed by atoms with Gasteiger partial charge in [0.15, 0.2) is 0 Å². The summed E-state index contributed by atoms with van der Waals surface area (Å²) in [6, 6.07) is 8.31. The number of benzene rings is 1. The molecule has 6 nitrogen and oxygen atoms in total. The Morgan fingerprint density at radius 1 is 1.32 bits per heavy atom. The fourth-order valence-corrected chi connectivity index (χ4v) is 3.51. The van der Waals surface area contributed by atoms with Crippen molar-refractivity contribution in [1.82, 2.24) is 20.4 Å². The molecule has 0 spiro atoms. The van der Waals surface area contributed by atoms with Gasteiger partial charge in [-0.3, -0.25) is 4.79 Å². The summed E-state index contributed by atoms with van der Waals surface area (Å²) in [4.78, 5) is 28.2. The molecule has 1 aromatic carbocycles. The van der Waals surface area contributed by atoms with Crippen LogP contribution in [0.4, 0.5) is 4.79 Å². The highest BCUT2D eigenvalue weighted by Crippen LogP contribution is 2.37. The van der Waals surface area contributed by atoms with Crippen molar-refractivity contribution >= 4 is 11.9 Å². The van der Waals surface area contributed by atoms with E-state index in [9.17, 15) is 9.59 Å². The Balaban J connectivity index is 1.45. The molecule has 3 atom stereocenters. The average molecular weight is 344 g/mol. The predicted octanol–water partition coefficient (Wildman–Crippen LogP) is 1.56. The minimum atomic E-state index is -0.207. The standard InChI is InChI=1S/C19H28N4O2/c1-13-7-17(13)23-12-16(9-18(23)24)21-19(25)20-10-14-5-4-6-15(8-14)11-22(2)3/h4-6,8,13,16-17H,7,9-12H2,1-3H3,(H2,20,21,25)/t13-,16-,17+/m1/s1. The van der Waals surface area contributed by atoms with E-state index < -0.39 is 0 Å². The topological polar surface area (TPSA) is 64.7 Å². The van der Waals surface area contributed by atoms with Crippen molar-refractivity contribution in [3.8, 4) is 0 Å². The summed E-state index contributed by atoms with van der Waals surface area (Å²) in [6.45, 7) is 4.16. The first-order valence-electron chi connectivity index (χ1n) is 8.98. The second kappa shape index (κ2) is 7.44. The van der Waals surface area contributed by atoms with Crippen LogP contribution in [0.1, 0.15) is 30.9 Å². The van der Waals surface area contributed by atoms with E-state index in [1.807, 2.05) is 31.1 Å². The molecule has 6 heteroatoms. The number of carbonyl (C=O) groups excluding carboxylic acids is 2. The largest absolute Gasteiger partial charge is 0.337 e. The molecule has 2 aliphatic rings. The zero-order valence-corrected chi connectivity index (χ0v) is 15.3. The molecule has 2 fully saturated rings. The first-order valence-corrected chi connectivity index (χ1v) is 8.98. The number of hydrogen-bond donors (Lipinski definition) is 2. The molecule has 25 heavy (non-hydrogen) atoms. The van der Waals surface area contributed by atoms with Crippen LogP contribution in [-0.2, 0) is 17.9 Å². The minimum absolute atomic E-state index is 0.0830. The van der Waals surface area contributed by atoms with Gasteiger partial charge in [-0.05, 0) is 37.6 Å². The van der Waals surface area contributed by atoms with Gasteiger partial charge in [0.1, 0.15) is 0 Å². The van der Waals surface area contributed by atoms with E-state index >= 15 is 0 Å². The van der Waals surface area contributed by atoms with Gasteiger partial charge in [0.25, 0.3) is 0 Å². The summed E-state index contributed by atoms with van der Waals surface area (Å²) in [6.07, 6.45) is 1.50. The van der Waals surface area contributed by atoms with Crippen molar-refractivity contribution in [2.45, 2.75) is 44.9 Å². The van der Waals surface area contributed by atoms with Gasteiger partial charge in [-0.15, -0.1) is 0 Å². The van der Waals surface area contributed by atoms with Gasteiger partial charge in [0, 0.05) is 32.1 Å². The van der Waals surface area contributed by atoms with Crippen LogP contribution in [0.25, 0.3) is 0 Å². The lowest BCUT2D eigenvalue weighted by Gasteiger charge is -2.17. The van der Waals surface area contributed by atoms with Crippen LogP contribution in [0.5, 0.6) is 0 Å². The van der Waals surface area contributed by atoms with E-state index in [1.165, 1.54) is 5.56 Å². The number of amides is 3. The van der Waals surface area contributed by atoms with Crippen molar-refractivity contribution in [2.24, 2.45) is 5.92 Å². The number of urea groups is 1. The lowest BCUT2D eigenvalue weighted by Crippen LogP contribution is -2.43. The van der Waals surface area contributed by atoms with Crippen LogP contribution in [0.15, 0.2) is 24.3 Å². The molecule has 2 N–H and O–H groups in total. The molecular weight excluding hydrogens is 316 g/mol. The minimum Gasteiger partial charge on any atom is -0.337 e. The van der Waals surface area contributed by atoms with Gasteiger partial charge in [0.2, 0.25) is 5.91 Å². The van der Waals surface area contributed by atoms with Crippen LogP contribution < -0.4 is 10.6 Å². The van der Waals surface area contributed by atoms with E-state index in [4.69, 9.17) is 0 Å². The van der Waals surface area contributed by atoms with Gasteiger partial charge >= 0.3 is 6.03 Å². The summed E-state index contributed by atoms with van der Waals surface area (Å²) < 4.78 is 0. The molecule has 1 heterocycles. The molecule has 3 amide bonds. The number of likely N-dealkylation sites (tertiary alicyclic amines) is 1. The summed E-state index contributed by atoms with van der Waals surface area (Å²) in [5, 5.41) is 5.83. The van der Waals surface area contributed by atoms with Gasteiger partial charge in [-0.1, -0.05) is 31.2 Å². The molecule has 1 saturated heterocycles. The fourth-order valence-electron chi connectivity index (χ4n) is 3.51. The van der Waals surface area contributed by atoms with Crippen molar-refractivity contribution < 1.29 is 9.59 Å². The van der Waals surface area contributed by atoms with Crippen molar-refractivity contribution in [1.29, 1.82) is 0 Å². The Labute approximate surface area is 149 Å². The third-order valence-electron chi connectivity index (χ3n) is 4.90. The quantitative estimate of drug-likeness (QED) is 0.823. The van der Waals surface area contributed by atoms with Crippen molar-refractivity contribution in [3.05, 3.63) is 35.4 Å². The van der Waals surface area contributed by atoms with Crippen molar-refractivity contribution in [3.63, 3.8) is 0 Å². The van der Waals surface area contributed by atoms with Gasteiger partial charge in [-0.2, -0.15) is 0 Å². The Hall–Kier alpha value is -2.08. The van der Waals surface area contributed by atoms with Gasteiger partial charge < -0.3 is 20.4 Å². The SMILES string of the molecule is C[C@@H]1C[C@@H]1N1C[C@H](NC(=O)NCc2cccc(CN(C)C)c2)CC1=O. The van der Waals surface area contributed by atoms with E-state index in [2.05, 4.69) is 34.6 Å². The highest BCUT2D eigenvalue weighted by atomic mass is 16.2. The maximum Gasteiger partial charge on any atom is 0.315 e. The number of nitrogens with zero attached hydrogens (tertiary/aromatic N) is 2. The molecule has 1 aromatic rings. The molecular formula is C19H28N4O2. The van der Waals surface area contributed by atoms with Crippen LogP contribution in [-0.4, -0.2) is 54.5 Å². The third kappa shape index (κ3) is 4.72. The maximum absolute atomic E-state index is 12.1. The summed E-state index contributed by atoms with van der Waals surface area (Å²) >= 11 is 0. The highest BCUT2D eigenvalue weighted by molar-refractivity contribution is 5.82. The molecule has 136 valence electrons. The molecule has 1 saturated carbocycles. The third-order valence-corrected chi connectivity index (χ3v) is 4.90. The normalized spacial score (nSPS) is 25.4. The average Bonchev–Trinajstić information content (AvgIpc) is 3.15. The first kappa shape index (κ1) is 17.7. The first-order chi connectivity index (χ1) is 11.9. The second-order valence-corrected chi connectivity index (χ2v) is 7.61. The van der Waals surface area contributed by atoms with Crippen LogP contribution >= 0.6 is 0 Å². The fraction of sp³-hybridized carbons (Fsp3) is 0.579. The lowest BCUT2D eigenvalue weighted by atomic mass is 10.1. The zero-order valence-electron chi connectivity index (χ0n) is 15.3. The van der Waals surface area contributed by atoms with Gasteiger partial charge in [-0.25, -0.2) is 4.79 Å². The monoisotopic (exact) mass is 344 g/mol. The molecule has 0 bridgehead atoms. The molecule has 0 unspecified atom stereocenters. The maximum atomic E-state index is 12.1. The predicted molar refractivity (Wildman–Crippen MR) is 96.9 cm³/mol. The summed E-state index contributed by atoms with van der Waals surface area (Å²) in [7, 11) is 4.07. The Morgan fingerprint density at radius 3 is 2.72 bits per heavy atom. The Morgan fingerprint density at radius 2 is 2.04 bits per heavy atom. The molecule has 1 aliphatic carbocycles. The number of nitrogens with one attached hydrogen (secondary N) is 2. The highest BCUT2D eigenvalue weighted by Gasteiger charge is 2.44. The summed E-state index contributed by atoms with van der Waals surface area (Å²) in [5.41, 5.74) is 2.30. The smallest absolute Gasteiger partial charge is 0.315 e. The number of hydrogen-bond acceptors (Lipinski definition) is 3. The van der Waals surface area contributed by atoms with E-state index in [-0.39, 0.29) is 18.0 Å². The van der Waals surface area contributed by atoms with E-state index in [1.54, 1.807) is 0 Å². The zero-order chi connectivity index (χ0) is 18.0. The molecule has 1 aliphatic heterocycles. The second-order valence-electron chi connectivity index (χ2n) is 7.61. The molecule has 0 radical (unpaired) electrons. The summed E-state index contributed by atoms with van der Waals surface area (Å²) in [5.74, 6) is 0.766. The van der Waals surface area contributed by atoms with E-state index in [0.29, 0.717) is 31.5 Å². The lowest BCUT2D eigenvalue weighted by molar-refractivity contribution is -0.128. The van der Waals surface area contributed by atoms with Crippen molar-refractivity contribution in [2.75, 3.05) is 20.6 Å². The Kier molecular flexibility index (Phi) is 5.27.